The second-order valence-corrected chi connectivity index (χ2v) is 7.76. The Bertz CT molecular complexity index is 1090. The minimum Gasteiger partial charge on any atom is -0.479 e. The Hall–Kier alpha value is -3.00. The number of carboxylic acid groups (broad SMARTS) is 1. The predicted octanol–water partition coefficient (Wildman–Crippen LogP) is 3.60. The van der Waals surface area contributed by atoms with Gasteiger partial charge in [0.1, 0.15) is 5.82 Å². The first-order chi connectivity index (χ1) is 14.7. The summed E-state index contributed by atoms with van der Waals surface area (Å²) in [6, 6.07) is 14.1. The van der Waals surface area contributed by atoms with Gasteiger partial charge in [0.2, 0.25) is 0 Å². The van der Waals surface area contributed by atoms with Gasteiger partial charge in [-0.15, -0.1) is 0 Å². The zero-order valence-corrected chi connectivity index (χ0v) is 17.3. The number of para-hydroxylation sites is 1. The standard InChI is InChI=1S/C24H26FNO5/c1-14(2)26-19-6-4-3-5-18(19)22(15-7-9-16(25)10-8-15)20(26)12-11-17(27)13-21(28)23(29)24(30)31/h3-12,14,17,21,23,27-29H,13H2,1-2H3,(H,30,31)/b12-11+/t17-,21-,23?/m1/s1. The lowest BCUT2D eigenvalue weighted by atomic mass is 10.0. The fourth-order valence-electron chi connectivity index (χ4n) is 3.74. The lowest BCUT2D eigenvalue weighted by Crippen LogP contribution is -2.35. The van der Waals surface area contributed by atoms with E-state index in [0.717, 1.165) is 27.7 Å². The van der Waals surface area contributed by atoms with Crippen molar-refractivity contribution in [2.75, 3.05) is 0 Å². The maximum Gasteiger partial charge on any atom is 0.335 e. The lowest BCUT2D eigenvalue weighted by molar-refractivity contribution is -0.153. The number of fused-ring (bicyclic) bond motifs is 1. The number of aromatic nitrogens is 1. The van der Waals surface area contributed by atoms with Crippen LogP contribution in [0, 0.1) is 5.82 Å². The number of aliphatic hydroxyl groups excluding tert-OH is 3. The van der Waals surface area contributed by atoms with Gasteiger partial charge in [0.05, 0.1) is 12.2 Å². The summed E-state index contributed by atoms with van der Waals surface area (Å²) in [5.74, 6) is -1.89. The van der Waals surface area contributed by atoms with Crippen molar-refractivity contribution in [2.24, 2.45) is 0 Å². The smallest absolute Gasteiger partial charge is 0.335 e. The Morgan fingerprint density at radius 2 is 1.71 bits per heavy atom. The van der Waals surface area contributed by atoms with Crippen molar-refractivity contribution in [3.05, 3.63) is 66.1 Å². The van der Waals surface area contributed by atoms with E-state index < -0.39 is 24.3 Å². The van der Waals surface area contributed by atoms with Crippen LogP contribution in [-0.2, 0) is 4.79 Å². The number of halogens is 1. The number of hydrogen-bond acceptors (Lipinski definition) is 4. The third kappa shape index (κ3) is 4.85. The molecule has 1 aromatic heterocycles. The average Bonchev–Trinajstić information content (AvgIpc) is 3.06. The molecule has 0 bridgehead atoms. The summed E-state index contributed by atoms with van der Waals surface area (Å²) in [6.07, 6.45) is -1.92. The van der Waals surface area contributed by atoms with Crippen LogP contribution in [-0.4, -0.2) is 49.3 Å². The third-order valence-electron chi connectivity index (χ3n) is 5.17. The summed E-state index contributed by atoms with van der Waals surface area (Å²) < 4.78 is 15.6. The quantitative estimate of drug-likeness (QED) is 0.440. The van der Waals surface area contributed by atoms with Crippen molar-refractivity contribution < 1.29 is 29.6 Å². The fraction of sp³-hybridized carbons (Fsp3) is 0.292. The topological polar surface area (TPSA) is 103 Å². The van der Waals surface area contributed by atoms with E-state index in [1.807, 2.05) is 38.1 Å². The van der Waals surface area contributed by atoms with Crippen LogP contribution in [0.25, 0.3) is 28.1 Å². The van der Waals surface area contributed by atoms with Crippen LogP contribution in [0.3, 0.4) is 0 Å². The highest BCUT2D eigenvalue weighted by Gasteiger charge is 2.25. The molecule has 0 spiro atoms. The predicted molar refractivity (Wildman–Crippen MR) is 117 cm³/mol. The van der Waals surface area contributed by atoms with Gasteiger partial charge in [-0.25, -0.2) is 9.18 Å². The van der Waals surface area contributed by atoms with Gasteiger partial charge in [-0.2, -0.15) is 0 Å². The number of aliphatic hydroxyl groups is 3. The molecule has 31 heavy (non-hydrogen) atoms. The van der Waals surface area contributed by atoms with E-state index in [1.54, 1.807) is 18.2 Å². The molecule has 0 aliphatic heterocycles. The number of aliphatic carboxylic acids is 1. The number of carboxylic acids is 1. The second kappa shape index (κ2) is 9.43. The largest absolute Gasteiger partial charge is 0.479 e. The van der Waals surface area contributed by atoms with E-state index in [9.17, 15) is 24.5 Å². The molecule has 7 heteroatoms. The monoisotopic (exact) mass is 427 g/mol. The number of carbonyl (C=O) groups is 1. The first-order valence-electron chi connectivity index (χ1n) is 10.0. The van der Waals surface area contributed by atoms with Crippen molar-refractivity contribution >= 4 is 22.9 Å². The summed E-state index contributed by atoms with van der Waals surface area (Å²) in [6.45, 7) is 4.06. The van der Waals surface area contributed by atoms with Gasteiger partial charge in [-0.05, 0) is 43.7 Å². The normalized spacial score (nSPS) is 14.9. The van der Waals surface area contributed by atoms with Crippen LogP contribution in [0.2, 0.25) is 0 Å². The number of benzene rings is 2. The first-order valence-corrected chi connectivity index (χ1v) is 10.0. The van der Waals surface area contributed by atoms with Crippen molar-refractivity contribution in [3.8, 4) is 11.1 Å². The molecule has 4 N–H and O–H groups in total. The van der Waals surface area contributed by atoms with Gasteiger partial charge in [-0.1, -0.05) is 36.4 Å². The van der Waals surface area contributed by atoms with Crippen LogP contribution >= 0.6 is 0 Å². The highest BCUT2D eigenvalue weighted by Crippen LogP contribution is 2.38. The van der Waals surface area contributed by atoms with Gasteiger partial charge < -0.3 is 25.0 Å². The summed E-state index contributed by atoms with van der Waals surface area (Å²) in [4.78, 5) is 10.8. The Balaban J connectivity index is 2.07. The summed E-state index contributed by atoms with van der Waals surface area (Å²) in [5.41, 5.74) is 3.45. The Kier molecular flexibility index (Phi) is 6.90. The molecular formula is C24H26FNO5. The second-order valence-electron chi connectivity index (χ2n) is 7.76. The first kappa shape index (κ1) is 22.7. The summed E-state index contributed by atoms with van der Waals surface area (Å²) >= 11 is 0. The molecule has 2 aromatic carbocycles. The molecule has 0 amide bonds. The van der Waals surface area contributed by atoms with E-state index in [-0.39, 0.29) is 18.3 Å². The van der Waals surface area contributed by atoms with Gasteiger partial charge in [0.15, 0.2) is 6.10 Å². The van der Waals surface area contributed by atoms with Crippen molar-refractivity contribution in [1.29, 1.82) is 0 Å². The molecule has 0 saturated heterocycles. The molecule has 0 radical (unpaired) electrons. The highest BCUT2D eigenvalue weighted by molar-refractivity contribution is 6.01. The van der Waals surface area contributed by atoms with Gasteiger partial charge >= 0.3 is 5.97 Å². The molecule has 6 nitrogen and oxygen atoms in total. The van der Waals surface area contributed by atoms with Gasteiger partial charge in [0.25, 0.3) is 0 Å². The van der Waals surface area contributed by atoms with Crippen LogP contribution in [0.15, 0.2) is 54.6 Å². The minimum absolute atomic E-state index is 0.0790. The molecule has 164 valence electrons. The van der Waals surface area contributed by atoms with E-state index in [0.29, 0.717) is 0 Å². The van der Waals surface area contributed by atoms with Crippen LogP contribution in [0.1, 0.15) is 32.0 Å². The number of hydrogen-bond donors (Lipinski definition) is 4. The molecule has 3 aromatic rings. The summed E-state index contributed by atoms with van der Waals surface area (Å²) in [7, 11) is 0. The fourth-order valence-corrected chi connectivity index (χ4v) is 3.74. The molecule has 1 heterocycles. The maximum absolute atomic E-state index is 13.5. The maximum atomic E-state index is 13.5. The van der Waals surface area contributed by atoms with Gasteiger partial charge in [0, 0.05) is 34.6 Å². The van der Waals surface area contributed by atoms with Crippen LogP contribution < -0.4 is 0 Å². The summed E-state index contributed by atoms with van der Waals surface area (Å²) in [5, 5.41) is 39.3. The molecule has 3 atom stereocenters. The molecular weight excluding hydrogens is 401 g/mol. The van der Waals surface area contributed by atoms with Crippen LogP contribution in [0.5, 0.6) is 0 Å². The van der Waals surface area contributed by atoms with Crippen molar-refractivity contribution in [2.45, 2.75) is 44.6 Å². The number of rotatable bonds is 8. The SMILES string of the molecule is CC(C)n1c(/C=C/[C@@H](O)C[C@@H](O)C(O)C(=O)O)c(-c2ccc(F)cc2)c2ccccc21. The lowest BCUT2D eigenvalue weighted by Gasteiger charge is -2.17. The van der Waals surface area contributed by atoms with Crippen LogP contribution in [0.4, 0.5) is 4.39 Å². The highest BCUT2D eigenvalue weighted by atomic mass is 19.1. The Labute approximate surface area is 179 Å². The zero-order valence-electron chi connectivity index (χ0n) is 17.3. The number of nitrogens with zero attached hydrogens (tertiary/aromatic N) is 1. The van der Waals surface area contributed by atoms with E-state index in [1.165, 1.54) is 18.2 Å². The Morgan fingerprint density at radius 3 is 2.32 bits per heavy atom. The third-order valence-corrected chi connectivity index (χ3v) is 5.17. The zero-order chi connectivity index (χ0) is 22.7. The van der Waals surface area contributed by atoms with Gasteiger partial charge in [-0.3, -0.25) is 0 Å². The molecule has 1 unspecified atom stereocenters. The molecule has 0 aliphatic rings. The molecule has 3 rings (SSSR count). The molecule has 0 fully saturated rings. The van der Waals surface area contributed by atoms with Crippen molar-refractivity contribution in [1.82, 2.24) is 4.57 Å². The van der Waals surface area contributed by atoms with E-state index in [4.69, 9.17) is 5.11 Å². The molecule has 0 aliphatic carbocycles. The average molecular weight is 427 g/mol. The van der Waals surface area contributed by atoms with Crippen molar-refractivity contribution in [3.63, 3.8) is 0 Å². The molecule has 0 saturated carbocycles. The Morgan fingerprint density at radius 1 is 1.06 bits per heavy atom. The van der Waals surface area contributed by atoms with E-state index >= 15 is 0 Å². The van der Waals surface area contributed by atoms with E-state index in [2.05, 4.69) is 4.57 Å². The minimum atomic E-state index is -1.97.